The van der Waals surface area contributed by atoms with E-state index in [0.717, 1.165) is 11.1 Å². The number of amides is 1. The van der Waals surface area contributed by atoms with Crippen molar-refractivity contribution < 1.29 is 9.21 Å². The highest BCUT2D eigenvalue weighted by molar-refractivity contribution is 6.33. The number of nitrogens with one attached hydrogen (secondary N) is 1. The van der Waals surface area contributed by atoms with E-state index in [9.17, 15) is 4.79 Å². The summed E-state index contributed by atoms with van der Waals surface area (Å²) in [6, 6.07) is 14.9. The first-order chi connectivity index (χ1) is 11.6. The van der Waals surface area contributed by atoms with Crippen LogP contribution in [-0.2, 0) is 11.2 Å². The Balaban J connectivity index is 1.58. The van der Waals surface area contributed by atoms with Gasteiger partial charge in [-0.3, -0.25) is 4.79 Å². The second-order valence-corrected chi connectivity index (χ2v) is 5.80. The number of nitrogens with zero attached hydrogens (tertiary/aromatic N) is 2. The number of carbonyl (C=O) groups is 1. The predicted molar refractivity (Wildman–Crippen MR) is 92.9 cm³/mol. The van der Waals surface area contributed by atoms with Crippen molar-refractivity contribution in [1.82, 2.24) is 10.2 Å². The quantitative estimate of drug-likeness (QED) is 0.752. The first kappa shape index (κ1) is 16.2. The molecule has 0 fully saturated rings. The fourth-order valence-corrected chi connectivity index (χ4v) is 2.35. The van der Waals surface area contributed by atoms with E-state index in [1.165, 1.54) is 0 Å². The van der Waals surface area contributed by atoms with Crippen LogP contribution in [0.1, 0.15) is 17.9 Å². The third-order valence-corrected chi connectivity index (χ3v) is 3.81. The molecule has 6 heteroatoms. The third-order valence-electron chi connectivity index (χ3n) is 3.48. The third kappa shape index (κ3) is 4.00. The average Bonchev–Trinajstić information content (AvgIpc) is 3.05. The Morgan fingerprint density at radius 1 is 1.12 bits per heavy atom. The van der Waals surface area contributed by atoms with Gasteiger partial charge in [0.05, 0.1) is 10.7 Å². The number of para-hydroxylation sites is 1. The lowest BCUT2D eigenvalue weighted by Gasteiger charge is -2.05. The summed E-state index contributed by atoms with van der Waals surface area (Å²) in [5, 5.41) is 11.3. The predicted octanol–water partition coefficient (Wildman–Crippen LogP) is 4.27. The van der Waals surface area contributed by atoms with Crippen molar-refractivity contribution in [3.8, 4) is 11.5 Å². The number of anilines is 1. The summed E-state index contributed by atoms with van der Waals surface area (Å²) >= 11 is 6.01. The fourth-order valence-electron chi connectivity index (χ4n) is 2.16. The van der Waals surface area contributed by atoms with Crippen molar-refractivity contribution in [1.29, 1.82) is 0 Å². The lowest BCUT2D eigenvalue weighted by atomic mass is 10.1. The van der Waals surface area contributed by atoms with Crippen LogP contribution in [0.25, 0.3) is 11.5 Å². The monoisotopic (exact) mass is 341 g/mol. The van der Waals surface area contributed by atoms with E-state index in [0.29, 0.717) is 28.9 Å². The Morgan fingerprint density at radius 2 is 1.88 bits per heavy atom. The van der Waals surface area contributed by atoms with Gasteiger partial charge in [0.1, 0.15) is 0 Å². The van der Waals surface area contributed by atoms with Crippen molar-refractivity contribution in [2.75, 3.05) is 5.32 Å². The van der Waals surface area contributed by atoms with E-state index >= 15 is 0 Å². The molecule has 0 spiro atoms. The maximum atomic E-state index is 12.0. The number of hydrogen-bond acceptors (Lipinski definition) is 4. The number of halogens is 1. The largest absolute Gasteiger partial charge is 0.421 e. The molecule has 2 aromatic carbocycles. The van der Waals surface area contributed by atoms with Gasteiger partial charge in [0, 0.05) is 18.4 Å². The molecule has 0 atom stereocenters. The van der Waals surface area contributed by atoms with Crippen LogP contribution in [0.15, 0.2) is 52.9 Å². The second kappa shape index (κ2) is 7.27. The van der Waals surface area contributed by atoms with Crippen LogP contribution >= 0.6 is 11.6 Å². The molecule has 0 bridgehead atoms. The number of aryl methyl sites for hydroxylation is 2. The van der Waals surface area contributed by atoms with Crippen LogP contribution < -0.4 is 5.32 Å². The van der Waals surface area contributed by atoms with Gasteiger partial charge >= 0.3 is 0 Å². The van der Waals surface area contributed by atoms with Gasteiger partial charge in [-0.15, -0.1) is 10.2 Å². The van der Waals surface area contributed by atoms with E-state index in [-0.39, 0.29) is 12.3 Å². The molecule has 0 aliphatic rings. The second-order valence-electron chi connectivity index (χ2n) is 5.40. The number of benzene rings is 2. The van der Waals surface area contributed by atoms with Gasteiger partial charge in [-0.2, -0.15) is 0 Å². The molecule has 24 heavy (non-hydrogen) atoms. The van der Waals surface area contributed by atoms with Gasteiger partial charge in [0.25, 0.3) is 0 Å². The molecule has 0 saturated heterocycles. The molecule has 1 aromatic heterocycles. The number of hydrogen-bond donors (Lipinski definition) is 1. The lowest BCUT2D eigenvalue weighted by Crippen LogP contribution is -2.12. The first-order valence-electron chi connectivity index (χ1n) is 7.55. The normalized spacial score (nSPS) is 10.6. The van der Waals surface area contributed by atoms with Gasteiger partial charge in [0.2, 0.25) is 17.7 Å². The number of rotatable bonds is 5. The average molecular weight is 342 g/mol. The fraction of sp³-hybridized carbons (Fsp3) is 0.167. The Hall–Kier alpha value is -2.66. The molecule has 3 aromatic rings. The molecule has 0 radical (unpaired) electrons. The number of carbonyl (C=O) groups excluding carboxylic acids is 1. The summed E-state index contributed by atoms with van der Waals surface area (Å²) in [5.74, 6) is 0.731. The summed E-state index contributed by atoms with van der Waals surface area (Å²) in [6.07, 6.45) is 0.607. The van der Waals surface area contributed by atoms with Gasteiger partial charge in [0.15, 0.2) is 0 Å². The molecule has 1 N–H and O–H groups in total. The Kier molecular flexibility index (Phi) is 4.91. The smallest absolute Gasteiger partial charge is 0.247 e. The van der Waals surface area contributed by atoms with Gasteiger partial charge in [-0.25, -0.2) is 0 Å². The van der Waals surface area contributed by atoms with E-state index in [1.54, 1.807) is 12.1 Å². The van der Waals surface area contributed by atoms with Crippen LogP contribution in [-0.4, -0.2) is 16.1 Å². The zero-order valence-electron chi connectivity index (χ0n) is 13.1. The van der Waals surface area contributed by atoms with Crippen LogP contribution in [0.5, 0.6) is 0 Å². The summed E-state index contributed by atoms with van der Waals surface area (Å²) < 4.78 is 5.61. The van der Waals surface area contributed by atoms with Gasteiger partial charge in [-0.05, 0) is 31.2 Å². The molecular weight excluding hydrogens is 326 g/mol. The zero-order valence-corrected chi connectivity index (χ0v) is 13.9. The molecule has 0 unspecified atom stereocenters. The van der Waals surface area contributed by atoms with Crippen LogP contribution in [0.3, 0.4) is 0 Å². The molecule has 1 heterocycles. The minimum absolute atomic E-state index is 0.154. The van der Waals surface area contributed by atoms with Crippen molar-refractivity contribution in [3.05, 3.63) is 65.0 Å². The maximum absolute atomic E-state index is 12.0. The Morgan fingerprint density at radius 3 is 2.62 bits per heavy atom. The summed E-state index contributed by atoms with van der Waals surface area (Å²) in [5.41, 5.74) is 2.62. The molecule has 0 saturated carbocycles. The number of aromatic nitrogens is 2. The van der Waals surface area contributed by atoms with Crippen molar-refractivity contribution in [2.45, 2.75) is 19.8 Å². The summed E-state index contributed by atoms with van der Waals surface area (Å²) in [6.45, 7) is 2.01. The van der Waals surface area contributed by atoms with E-state index < -0.39 is 0 Å². The molecule has 1 amide bonds. The molecule has 122 valence electrons. The lowest BCUT2D eigenvalue weighted by molar-refractivity contribution is -0.116. The SMILES string of the molecule is Cc1ccc(-c2nnc(CCC(=O)Nc3ccccc3Cl)o2)cc1. The van der Waals surface area contributed by atoms with E-state index in [1.807, 2.05) is 43.3 Å². The van der Waals surface area contributed by atoms with E-state index in [2.05, 4.69) is 15.5 Å². The van der Waals surface area contributed by atoms with Crippen LogP contribution in [0, 0.1) is 6.92 Å². The highest BCUT2D eigenvalue weighted by Gasteiger charge is 2.11. The molecule has 5 nitrogen and oxygen atoms in total. The maximum Gasteiger partial charge on any atom is 0.247 e. The Labute approximate surface area is 144 Å². The van der Waals surface area contributed by atoms with E-state index in [4.69, 9.17) is 16.0 Å². The minimum Gasteiger partial charge on any atom is -0.421 e. The highest BCUT2D eigenvalue weighted by Crippen LogP contribution is 2.21. The molecule has 0 aliphatic carbocycles. The minimum atomic E-state index is -0.154. The Bertz CT molecular complexity index is 843. The first-order valence-corrected chi connectivity index (χ1v) is 7.93. The highest BCUT2D eigenvalue weighted by atomic mass is 35.5. The van der Waals surface area contributed by atoms with Crippen LogP contribution in [0.4, 0.5) is 5.69 Å². The molecule has 3 rings (SSSR count). The van der Waals surface area contributed by atoms with Crippen molar-refractivity contribution in [2.24, 2.45) is 0 Å². The molecule has 0 aliphatic heterocycles. The molecular formula is C18H16ClN3O2. The van der Waals surface area contributed by atoms with Crippen molar-refractivity contribution in [3.63, 3.8) is 0 Å². The van der Waals surface area contributed by atoms with Crippen LogP contribution in [0.2, 0.25) is 5.02 Å². The summed E-state index contributed by atoms with van der Waals surface area (Å²) in [4.78, 5) is 12.0. The topological polar surface area (TPSA) is 68.0 Å². The summed E-state index contributed by atoms with van der Waals surface area (Å²) in [7, 11) is 0. The standard InChI is InChI=1S/C18H16ClN3O2/c1-12-6-8-13(9-7-12)18-22-21-17(24-18)11-10-16(23)20-15-5-3-2-4-14(15)19/h2-9H,10-11H2,1H3,(H,20,23). The van der Waals surface area contributed by atoms with Gasteiger partial charge in [-0.1, -0.05) is 41.4 Å². The van der Waals surface area contributed by atoms with Gasteiger partial charge < -0.3 is 9.73 Å². The zero-order chi connectivity index (χ0) is 16.9. The van der Waals surface area contributed by atoms with Crippen molar-refractivity contribution >= 4 is 23.2 Å².